The molecule has 124 valence electrons. The van der Waals surface area contributed by atoms with Gasteiger partial charge >= 0.3 is 0 Å². The van der Waals surface area contributed by atoms with Crippen LogP contribution in [0.5, 0.6) is 0 Å². The molecule has 0 bridgehead atoms. The van der Waals surface area contributed by atoms with Crippen molar-refractivity contribution < 1.29 is 0 Å². The van der Waals surface area contributed by atoms with Gasteiger partial charge in [-0.15, -0.1) is 0 Å². The highest BCUT2D eigenvalue weighted by atomic mass is 35.5. The molecule has 0 aliphatic heterocycles. The van der Waals surface area contributed by atoms with E-state index in [2.05, 4.69) is 41.2 Å². The van der Waals surface area contributed by atoms with Crippen LogP contribution in [0.4, 0.5) is 0 Å². The van der Waals surface area contributed by atoms with E-state index in [1.165, 1.54) is 5.56 Å². The van der Waals surface area contributed by atoms with E-state index >= 15 is 0 Å². The van der Waals surface area contributed by atoms with Crippen LogP contribution < -0.4 is 0 Å². The van der Waals surface area contributed by atoms with Crippen molar-refractivity contribution in [3.63, 3.8) is 0 Å². The third-order valence-corrected chi connectivity index (χ3v) is 4.97. The molecule has 0 saturated heterocycles. The molecular formula is C19H13Cl2N3S. The quantitative estimate of drug-likeness (QED) is 0.408. The lowest BCUT2D eigenvalue weighted by molar-refractivity contribution is 1.06. The minimum Gasteiger partial charge on any atom is -0.339 e. The number of H-pyrrole nitrogens is 1. The zero-order chi connectivity index (χ0) is 17.6. The number of hydrogen-bond acceptors (Lipinski definition) is 2. The Kier molecular flexibility index (Phi) is 4.12. The van der Waals surface area contributed by atoms with E-state index in [0.717, 1.165) is 28.0 Å². The van der Waals surface area contributed by atoms with E-state index in [9.17, 15) is 0 Å². The minimum atomic E-state index is 0.478. The molecule has 0 aliphatic carbocycles. The molecule has 2 aromatic carbocycles. The number of benzene rings is 2. The van der Waals surface area contributed by atoms with Crippen molar-refractivity contribution in [1.29, 1.82) is 0 Å². The van der Waals surface area contributed by atoms with Crippen molar-refractivity contribution >= 4 is 41.1 Å². The van der Waals surface area contributed by atoms with Gasteiger partial charge in [0.05, 0.1) is 5.69 Å². The van der Waals surface area contributed by atoms with Crippen LogP contribution in [-0.4, -0.2) is 14.4 Å². The zero-order valence-corrected chi connectivity index (χ0v) is 15.6. The molecule has 6 heteroatoms. The summed E-state index contributed by atoms with van der Waals surface area (Å²) in [7, 11) is 0. The summed E-state index contributed by atoms with van der Waals surface area (Å²) in [6.45, 7) is 2.06. The van der Waals surface area contributed by atoms with Crippen LogP contribution in [0.2, 0.25) is 10.0 Å². The van der Waals surface area contributed by atoms with Crippen LogP contribution >= 0.6 is 35.4 Å². The monoisotopic (exact) mass is 385 g/mol. The Hall–Kier alpha value is -2.14. The molecule has 3 nitrogen and oxygen atoms in total. The molecule has 0 saturated carbocycles. The fourth-order valence-electron chi connectivity index (χ4n) is 2.79. The highest BCUT2D eigenvalue weighted by molar-refractivity contribution is 7.71. The molecular weight excluding hydrogens is 373 g/mol. The SMILES string of the molecule is Cc1ccc(-c2cn3c(=S)ncc(-c4cc(Cl)ccc4Cl)c3[nH]2)cc1. The van der Waals surface area contributed by atoms with Crippen LogP contribution in [0.3, 0.4) is 0 Å². The number of rotatable bonds is 2. The number of nitrogens with zero attached hydrogens (tertiary/aromatic N) is 2. The van der Waals surface area contributed by atoms with Crippen molar-refractivity contribution in [3.8, 4) is 22.4 Å². The van der Waals surface area contributed by atoms with Crippen molar-refractivity contribution in [2.75, 3.05) is 0 Å². The number of aromatic amines is 1. The van der Waals surface area contributed by atoms with E-state index < -0.39 is 0 Å². The molecule has 0 aliphatic rings. The topological polar surface area (TPSA) is 33.1 Å². The van der Waals surface area contributed by atoms with Gasteiger partial charge in [0.1, 0.15) is 5.65 Å². The highest BCUT2D eigenvalue weighted by Gasteiger charge is 2.13. The summed E-state index contributed by atoms with van der Waals surface area (Å²) in [5.74, 6) is 0. The van der Waals surface area contributed by atoms with Crippen LogP contribution in [0.25, 0.3) is 28.0 Å². The number of hydrogen-bond donors (Lipinski definition) is 1. The molecule has 0 amide bonds. The summed E-state index contributed by atoms with van der Waals surface area (Å²) < 4.78 is 2.34. The molecule has 4 aromatic rings. The summed E-state index contributed by atoms with van der Waals surface area (Å²) >= 11 is 17.9. The summed E-state index contributed by atoms with van der Waals surface area (Å²) in [6.07, 6.45) is 3.68. The summed E-state index contributed by atoms with van der Waals surface area (Å²) in [4.78, 5) is 7.77. The Morgan fingerprint density at radius 3 is 2.56 bits per heavy atom. The van der Waals surface area contributed by atoms with Crippen molar-refractivity contribution in [3.05, 3.63) is 75.2 Å². The smallest absolute Gasteiger partial charge is 0.205 e. The maximum atomic E-state index is 6.38. The maximum Gasteiger partial charge on any atom is 0.205 e. The van der Waals surface area contributed by atoms with E-state index in [0.29, 0.717) is 14.8 Å². The molecule has 0 unspecified atom stereocenters. The molecule has 2 aromatic heterocycles. The fourth-order valence-corrected chi connectivity index (χ4v) is 3.37. The molecule has 2 heterocycles. The van der Waals surface area contributed by atoms with E-state index in [1.807, 2.05) is 16.7 Å². The Bertz CT molecular complexity index is 1140. The Morgan fingerprint density at radius 1 is 1.04 bits per heavy atom. The predicted octanol–water partition coefficient (Wildman–Crippen LogP) is 6.34. The van der Waals surface area contributed by atoms with Gasteiger partial charge in [-0.05, 0) is 42.9 Å². The number of halogens is 2. The summed E-state index contributed by atoms with van der Waals surface area (Å²) in [6, 6.07) is 13.7. The third-order valence-electron chi connectivity index (χ3n) is 4.10. The molecule has 0 atom stereocenters. The van der Waals surface area contributed by atoms with Gasteiger partial charge in [0.2, 0.25) is 4.77 Å². The van der Waals surface area contributed by atoms with Crippen molar-refractivity contribution in [1.82, 2.24) is 14.4 Å². The van der Waals surface area contributed by atoms with Crippen molar-refractivity contribution in [2.24, 2.45) is 0 Å². The lowest BCUT2D eigenvalue weighted by Crippen LogP contribution is -1.93. The maximum absolute atomic E-state index is 6.38. The van der Waals surface area contributed by atoms with Gasteiger partial charge in [0.15, 0.2) is 0 Å². The lowest BCUT2D eigenvalue weighted by atomic mass is 10.1. The first kappa shape index (κ1) is 16.3. The number of imidazole rings is 1. The van der Waals surface area contributed by atoms with Gasteiger partial charge in [-0.3, -0.25) is 4.40 Å². The molecule has 0 spiro atoms. The summed E-state index contributed by atoms with van der Waals surface area (Å²) in [5, 5.41) is 1.22. The lowest BCUT2D eigenvalue weighted by Gasteiger charge is -2.06. The second-order valence-corrected chi connectivity index (χ2v) is 7.04. The largest absolute Gasteiger partial charge is 0.339 e. The van der Waals surface area contributed by atoms with E-state index in [1.54, 1.807) is 18.3 Å². The zero-order valence-electron chi connectivity index (χ0n) is 13.3. The molecule has 4 rings (SSSR count). The average molecular weight is 386 g/mol. The van der Waals surface area contributed by atoms with Crippen LogP contribution in [0.1, 0.15) is 5.56 Å². The normalized spacial score (nSPS) is 11.2. The minimum absolute atomic E-state index is 0.478. The highest BCUT2D eigenvalue weighted by Crippen LogP contribution is 2.33. The summed E-state index contributed by atoms with van der Waals surface area (Å²) in [5.41, 5.74) is 5.74. The number of aryl methyl sites for hydroxylation is 1. The Balaban J connectivity index is 1.98. The van der Waals surface area contributed by atoms with Gasteiger partial charge < -0.3 is 4.98 Å². The molecule has 1 N–H and O–H groups in total. The van der Waals surface area contributed by atoms with Crippen LogP contribution in [-0.2, 0) is 0 Å². The first-order chi connectivity index (χ1) is 12.0. The second kappa shape index (κ2) is 6.30. The molecule has 25 heavy (non-hydrogen) atoms. The van der Waals surface area contributed by atoms with Crippen molar-refractivity contribution in [2.45, 2.75) is 6.92 Å². The Labute approximate surface area is 159 Å². The third kappa shape index (κ3) is 2.97. The number of nitrogens with one attached hydrogen (secondary N) is 1. The van der Waals surface area contributed by atoms with Gasteiger partial charge in [-0.25, -0.2) is 4.98 Å². The van der Waals surface area contributed by atoms with Crippen LogP contribution in [0.15, 0.2) is 54.9 Å². The van der Waals surface area contributed by atoms with Gasteiger partial charge in [-0.2, -0.15) is 0 Å². The predicted molar refractivity (Wildman–Crippen MR) is 106 cm³/mol. The number of fused-ring (bicyclic) bond motifs is 1. The van der Waals surface area contributed by atoms with Gasteiger partial charge in [0.25, 0.3) is 0 Å². The second-order valence-electron chi connectivity index (χ2n) is 5.83. The fraction of sp³-hybridized carbons (Fsp3) is 0.0526. The number of aromatic nitrogens is 3. The van der Waals surface area contributed by atoms with Gasteiger partial charge in [-0.1, -0.05) is 53.0 Å². The Morgan fingerprint density at radius 2 is 1.80 bits per heavy atom. The standard InChI is InChI=1S/C19H13Cl2N3S/c1-11-2-4-12(5-3-11)17-10-24-18(23-17)15(9-22-19(24)25)14-8-13(20)6-7-16(14)21/h2-10,23H,1H3. The van der Waals surface area contributed by atoms with E-state index in [-0.39, 0.29) is 0 Å². The molecule has 0 fully saturated rings. The first-order valence-corrected chi connectivity index (χ1v) is 8.82. The average Bonchev–Trinajstić information content (AvgIpc) is 3.04. The van der Waals surface area contributed by atoms with E-state index in [4.69, 9.17) is 35.4 Å². The van der Waals surface area contributed by atoms with Gasteiger partial charge in [0, 0.05) is 33.6 Å². The first-order valence-electron chi connectivity index (χ1n) is 7.66. The molecule has 0 radical (unpaired) electrons. The van der Waals surface area contributed by atoms with Crippen LogP contribution in [0, 0.1) is 11.7 Å².